The summed E-state index contributed by atoms with van der Waals surface area (Å²) in [6.07, 6.45) is -0.263. The second kappa shape index (κ2) is 7.53. The van der Waals surface area contributed by atoms with Crippen molar-refractivity contribution in [1.29, 1.82) is 0 Å². The third kappa shape index (κ3) is 4.17. The summed E-state index contributed by atoms with van der Waals surface area (Å²) in [4.78, 5) is 11.9. The minimum absolute atomic E-state index is 0.172. The lowest BCUT2D eigenvalue weighted by Crippen LogP contribution is -2.42. The average Bonchev–Trinajstić information content (AvgIpc) is 2.59. The Morgan fingerprint density at radius 1 is 1.29 bits per heavy atom. The third-order valence-electron chi connectivity index (χ3n) is 3.35. The topological polar surface area (TPSA) is 56.8 Å². The maximum absolute atomic E-state index is 13.0. The number of para-hydroxylation sites is 2. The number of carbonyl (C=O) groups excluding carboxylic acids is 1. The molecule has 2 aromatic rings. The van der Waals surface area contributed by atoms with Gasteiger partial charge in [-0.1, -0.05) is 12.1 Å². The predicted molar refractivity (Wildman–Crippen MR) is 89.0 cm³/mol. The maximum atomic E-state index is 13.0. The molecule has 0 saturated carbocycles. The van der Waals surface area contributed by atoms with Crippen LogP contribution in [0.15, 0.2) is 46.9 Å². The van der Waals surface area contributed by atoms with E-state index in [9.17, 15) is 9.18 Å². The Kier molecular flexibility index (Phi) is 5.20. The fraction of sp³-hybridized carbons (Fsp3) is 0.235. The van der Waals surface area contributed by atoms with Crippen molar-refractivity contribution in [3.63, 3.8) is 0 Å². The van der Waals surface area contributed by atoms with E-state index in [1.54, 1.807) is 0 Å². The number of nitrogens with one attached hydrogen (secondary N) is 1. The van der Waals surface area contributed by atoms with Crippen molar-refractivity contribution in [2.75, 3.05) is 19.8 Å². The molecule has 3 rings (SSSR count). The number of fused-ring (bicyclic) bond motifs is 1. The zero-order valence-electron chi connectivity index (χ0n) is 12.6. The Morgan fingerprint density at radius 2 is 2.08 bits per heavy atom. The van der Waals surface area contributed by atoms with Crippen LogP contribution in [-0.2, 0) is 4.79 Å². The second-order valence-corrected chi connectivity index (χ2v) is 6.02. The summed E-state index contributed by atoms with van der Waals surface area (Å²) < 4.78 is 30.1. The monoisotopic (exact) mass is 395 g/mol. The van der Waals surface area contributed by atoms with Crippen LogP contribution in [0.4, 0.5) is 4.39 Å². The van der Waals surface area contributed by atoms with Gasteiger partial charge in [0.2, 0.25) is 0 Å². The first kappa shape index (κ1) is 16.6. The van der Waals surface area contributed by atoms with Crippen LogP contribution in [0.2, 0.25) is 0 Å². The summed E-state index contributed by atoms with van der Waals surface area (Å²) in [5.74, 6) is 1.08. The second-order valence-electron chi connectivity index (χ2n) is 5.17. The van der Waals surface area contributed by atoms with Crippen LogP contribution in [-0.4, -0.2) is 31.8 Å². The molecule has 0 saturated heterocycles. The molecule has 0 spiro atoms. The van der Waals surface area contributed by atoms with Crippen molar-refractivity contribution in [2.24, 2.45) is 0 Å². The summed E-state index contributed by atoms with van der Waals surface area (Å²) >= 11 is 3.18. The highest BCUT2D eigenvalue weighted by Gasteiger charge is 2.21. The lowest BCUT2D eigenvalue weighted by molar-refractivity contribution is -0.123. The van der Waals surface area contributed by atoms with Crippen LogP contribution >= 0.6 is 15.9 Å². The molecule has 1 aliphatic heterocycles. The molecule has 1 aliphatic rings. The zero-order valence-corrected chi connectivity index (χ0v) is 14.2. The summed E-state index contributed by atoms with van der Waals surface area (Å²) in [5, 5.41) is 2.73. The molecule has 0 aliphatic carbocycles. The molecule has 2 aromatic carbocycles. The standard InChI is InChI=1S/C17H15BrFNO4/c18-13-7-11(19)5-6-14(13)23-10-17(21)20-8-12-9-22-15-3-1-2-4-16(15)24-12/h1-7,12H,8-10H2,(H,20,21)/t12-/m0/s1. The number of benzene rings is 2. The van der Waals surface area contributed by atoms with Crippen molar-refractivity contribution < 1.29 is 23.4 Å². The Labute approximate surface area is 146 Å². The van der Waals surface area contributed by atoms with Crippen molar-refractivity contribution in [1.82, 2.24) is 5.32 Å². The molecule has 0 unspecified atom stereocenters. The van der Waals surface area contributed by atoms with Gasteiger partial charge in [0.25, 0.3) is 5.91 Å². The van der Waals surface area contributed by atoms with Crippen molar-refractivity contribution in [2.45, 2.75) is 6.10 Å². The molecule has 7 heteroatoms. The Morgan fingerprint density at radius 3 is 2.88 bits per heavy atom. The Bertz CT molecular complexity index is 740. The van der Waals surface area contributed by atoms with Gasteiger partial charge in [-0.2, -0.15) is 0 Å². The summed E-state index contributed by atoms with van der Waals surface area (Å²) in [5.41, 5.74) is 0. The van der Waals surface area contributed by atoms with E-state index in [0.717, 1.165) is 0 Å². The van der Waals surface area contributed by atoms with Crippen molar-refractivity contribution >= 4 is 21.8 Å². The number of hydrogen-bond acceptors (Lipinski definition) is 4. The van der Waals surface area contributed by atoms with E-state index < -0.39 is 0 Å². The lowest BCUT2D eigenvalue weighted by atomic mass is 10.2. The molecule has 0 bridgehead atoms. The number of rotatable bonds is 5. The molecule has 1 N–H and O–H groups in total. The molecule has 1 amide bonds. The smallest absolute Gasteiger partial charge is 0.258 e. The van der Waals surface area contributed by atoms with E-state index in [1.807, 2.05) is 24.3 Å². The van der Waals surface area contributed by atoms with Gasteiger partial charge in [0.1, 0.15) is 24.3 Å². The molecule has 5 nitrogen and oxygen atoms in total. The SMILES string of the molecule is O=C(COc1ccc(F)cc1Br)NC[C@H]1COc2ccccc2O1. The normalized spacial score (nSPS) is 15.7. The highest BCUT2D eigenvalue weighted by molar-refractivity contribution is 9.10. The first-order valence-corrected chi connectivity index (χ1v) is 8.14. The molecule has 1 heterocycles. The van der Waals surface area contributed by atoms with E-state index in [0.29, 0.717) is 34.9 Å². The molecule has 1 atom stereocenters. The van der Waals surface area contributed by atoms with Gasteiger partial charge in [0.05, 0.1) is 11.0 Å². The molecule has 0 fully saturated rings. The van der Waals surface area contributed by atoms with Crippen LogP contribution in [0, 0.1) is 5.82 Å². The summed E-state index contributed by atoms with van der Waals surface area (Å²) in [7, 11) is 0. The minimum Gasteiger partial charge on any atom is -0.486 e. The van der Waals surface area contributed by atoms with E-state index in [2.05, 4.69) is 21.2 Å². The van der Waals surface area contributed by atoms with Gasteiger partial charge >= 0.3 is 0 Å². The van der Waals surface area contributed by atoms with E-state index in [-0.39, 0.29) is 24.4 Å². The predicted octanol–water partition coefficient (Wildman–Crippen LogP) is 2.92. The largest absolute Gasteiger partial charge is 0.486 e. The number of halogens is 2. The fourth-order valence-corrected chi connectivity index (χ4v) is 2.64. The van der Waals surface area contributed by atoms with Crippen LogP contribution in [0.3, 0.4) is 0 Å². The van der Waals surface area contributed by atoms with Crippen LogP contribution < -0.4 is 19.5 Å². The van der Waals surface area contributed by atoms with Gasteiger partial charge in [0, 0.05) is 0 Å². The van der Waals surface area contributed by atoms with Gasteiger partial charge in [-0.25, -0.2) is 4.39 Å². The quantitative estimate of drug-likeness (QED) is 0.845. The molecule has 24 heavy (non-hydrogen) atoms. The zero-order chi connectivity index (χ0) is 16.9. The van der Waals surface area contributed by atoms with Gasteiger partial charge in [-0.05, 0) is 46.3 Å². The van der Waals surface area contributed by atoms with Crippen molar-refractivity contribution in [3.05, 3.63) is 52.8 Å². The average molecular weight is 396 g/mol. The highest BCUT2D eigenvalue weighted by Crippen LogP contribution is 2.30. The van der Waals surface area contributed by atoms with E-state index in [4.69, 9.17) is 14.2 Å². The molecule has 0 radical (unpaired) electrons. The maximum Gasteiger partial charge on any atom is 0.258 e. The number of carbonyl (C=O) groups is 1. The van der Waals surface area contributed by atoms with Crippen LogP contribution in [0.25, 0.3) is 0 Å². The van der Waals surface area contributed by atoms with Gasteiger partial charge in [-0.3, -0.25) is 4.79 Å². The van der Waals surface area contributed by atoms with E-state index in [1.165, 1.54) is 18.2 Å². The van der Waals surface area contributed by atoms with E-state index >= 15 is 0 Å². The summed E-state index contributed by atoms with van der Waals surface area (Å²) in [6.45, 7) is 0.497. The fourth-order valence-electron chi connectivity index (χ4n) is 2.18. The van der Waals surface area contributed by atoms with Crippen molar-refractivity contribution in [3.8, 4) is 17.2 Å². The molecular formula is C17H15BrFNO4. The van der Waals surface area contributed by atoms with Gasteiger partial charge in [0.15, 0.2) is 18.1 Å². The summed E-state index contributed by atoms with van der Waals surface area (Å²) in [6, 6.07) is 11.4. The molecular weight excluding hydrogens is 381 g/mol. The van der Waals surface area contributed by atoms with Gasteiger partial charge < -0.3 is 19.5 Å². The minimum atomic E-state index is -0.381. The first-order valence-electron chi connectivity index (χ1n) is 7.35. The number of amides is 1. The molecule has 126 valence electrons. The van der Waals surface area contributed by atoms with Crippen LogP contribution in [0.5, 0.6) is 17.2 Å². The third-order valence-corrected chi connectivity index (χ3v) is 3.97. The lowest BCUT2D eigenvalue weighted by Gasteiger charge is -2.26. The van der Waals surface area contributed by atoms with Gasteiger partial charge in [-0.15, -0.1) is 0 Å². The number of hydrogen-bond donors (Lipinski definition) is 1. The number of ether oxygens (including phenoxy) is 3. The highest BCUT2D eigenvalue weighted by atomic mass is 79.9. The van der Waals surface area contributed by atoms with Crippen LogP contribution in [0.1, 0.15) is 0 Å². The Hall–Kier alpha value is -2.28. The first-order chi connectivity index (χ1) is 11.6. The molecule has 0 aromatic heterocycles. The Balaban J connectivity index is 1.45.